The Morgan fingerprint density at radius 2 is 1.88 bits per heavy atom. The highest BCUT2D eigenvalue weighted by Gasteiger charge is 2.58. The summed E-state index contributed by atoms with van der Waals surface area (Å²) in [6.07, 6.45) is 9.52. The quantitative estimate of drug-likeness (QED) is 0.826. The maximum atomic E-state index is 11.6. The summed E-state index contributed by atoms with van der Waals surface area (Å²) >= 11 is -0.948. The first-order valence-electron chi connectivity index (χ1n) is 9.39. The van der Waals surface area contributed by atoms with Crippen molar-refractivity contribution in [3.8, 4) is 17.0 Å². The predicted molar refractivity (Wildman–Crippen MR) is 103 cm³/mol. The van der Waals surface area contributed by atoms with Crippen LogP contribution in [0, 0.1) is 5.41 Å². The van der Waals surface area contributed by atoms with E-state index in [0.29, 0.717) is 5.41 Å². The van der Waals surface area contributed by atoms with Crippen molar-refractivity contribution < 1.29 is 9.29 Å². The molecule has 5 heteroatoms. The Bertz CT molecular complexity index is 820. The summed E-state index contributed by atoms with van der Waals surface area (Å²) in [5.74, 6) is 0.962. The molecule has 3 heterocycles. The lowest BCUT2D eigenvalue weighted by Gasteiger charge is -2.55. The van der Waals surface area contributed by atoms with E-state index < -0.39 is 11.2 Å². The molecular weight excluding hydrogens is 344 g/mol. The van der Waals surface area contributed by atoms with Crippen molar-refractivity contribution >= 4 is 11.2 Å². The number of piperidine rings is 1. The molecule has 26 heavy (non-hydrogen) atoms. The number of rotatable bonds is 2. The number of aromatic nitrogens is 1. The summed E-state index contributed by atoms with van der Waals surface area (Å²) < 4.78 is 17.9. The van der Waals surface area contributed by atoms with E-state index >= 15 is 0 Å². The molecule has 1 aromatic carbocycles. The molecule has 1 saturated heterocycles. The Labute approximate surface area is 157 Å². The first-order chi connectivity index (χ1) is 12.6. The van der Waals surface area contributed by atoms with Crippen LogP contribution in [0.3, 0.4) is 0 Å². The van der Waals surface area contributed by atoms with Crippen LogP contribution in [-0.4, -0.2) is 34.5 Å². The molecule has 4 nitrogen and oxygen atoms in total. The van der Waals surface area contributed by atoms with Gasteiger partial charge in [0.05, 0.1) is 11.9 Å². The van der Waals surface area contributed by atoms with E-state index in [1.54, 1.807) is 6.26 Å². The van der Waals surface area contributed by atoms with Gasteiger partial charge >= 0.3 is 0 Å². The van der Waals surface area contributed by atoms with Gasteiger partial charge in [-0.15, -0.1) is 0 Å². The van der Waals surface area contributed by atoms with Crippen molar-refractivity contribution in [3.05, 3.63) is 42.1 Å². The molecule has 1 aliphatic carbocycles. The smallest absolute Gasteiger partial charge is 0.152 e. The number of ether oxygens (including phenoxy) is 1. The molecule has 2 aromatic rings. The minimum atomic E-state index is -0.948. The Kier molecular flexibility index (Phi) is 3.82. The SMILES string of the molecule is C[S+]([O-])c1ccc(-c2cc3c(cn2)OC2(C3)CC3(CCNCC3)C2)cc1. The van der Waals surface area contributed by atoms with Crippen LogP contribution in [0.15, 0.2) is 41.4 Å². The van der Waals surface area contributed by atoms with Gasteiger partial charge in [0, 0.05) is 17.5 Å². The van der Waals surface area contributed by atoms with Crippen LogP contribution in [0.1, 0.15) is 31.2 Å². The first kappa shape index (κ1) is 16.6. The second-order valence-corrected chi connectivity index (χ2v) is 9.60. The van der Waals surface area contributed by atoms with Gasteiger partial charge in [-0.2, -0.15) is 0 Å². The Hall–Kier alpha value is -1.56. The predicted octanol–water partition coefficient (Wildman–Crippen LogP) is 3.32. The maximum Gasteiger partial charge on any atom is 0.152 e. The maximum absolute atomic E-state index is 11.6. The third kappa shape index (κ3) is 2.73. The van der Waals surface area contributed by atoms with Crippen molar-refractivity contribution in [2.75, 3.05) is 19.3 Å². The average molecular weight is 369 g/mol. The molecule has 1 atom stereocenters. The second kappa shape index (κ2) is 5.98. The molecule has 1 unspecified atom stereocenters. The molecule has 1 N–H and O–H groups in total. The van der Waals surface area contributed by atoms with Crippen LogP contribution in [0.5, 0.6) is 5.75 Å². The van der Waals surface area contributed by atoms with Crippen molar-refractivity contribution in [1.29, 1.82) is 0 Å². The molecule has 136 valence electrons. The Balaban J connectivity index is 1.34. The van der Waals surface area contributed by atoms with Crippen molar-refractivity contribution in [1.82, 2.24) is 10.3 Å². The lowest BCUT2D eigenvalue weighted by Crippen LogP contribution is -2.58. The highest BCUT2D eigenvalue weighted by Crippen LogP contribution is 2.59. The molecule has 5 rings (SSSR count). The standard InChI is InChI=1S/C21H24N2O2S/c1-26(24)17-4-2-15(3-5-17)18-10-16-11-21(25-19(16)12-23-18)13-20(14-21)6-8-22-9-7-20/h2-5,10,12,22H,6-9,11,13-14H2,1H3. The van der Waals surface area contributed by atoms with Gasteiger partial charge in [-0.3, -0.25) is 4.98 Å². The molecule has 2 fully saturated rings. The fourth-order valence-corrected chi connectivity index (χ4v) is 5.65. The first-order valence-corrected chi connectivity index (χ1v) is 11.0. The van der Waals surface area contributed by atoms with Gasteiger partial charge < -0.3 is 14.6 Å². The van der Waals surface area contributed by atoms with Crippen LogP contribution < -0.4 is 10.1 Å². The minimum Gasteiger partial charge on any atom is -0.612 e. The highest BCUT2D eigenvalue weighted by atomic mass is 32.2. The molecule has 3 aliphatic rings. The number of hydrogen-bond donors (Lipinski definition) is 1. The van der Waals surface area contributed by atoms with Gasteiger partial charge in [0.2, 0.25) is 0 Å². The van der Waals surface area contributed by atoms with E-state index in [-0.39, 0.29) is 5.60 Å². The van der Waals surface area contributed by atoms with Gasteiger partial charge in [0.1, 0.15) is 17.6 Å². The van der Waals surface area contributed by atoms with E-state index in [2.05, 4.69) is 16.4 Å². The lowest BCUT2D eigenvalue weighted by molar-refractivity contribution is -0.108. The van der Waals surface area contributed by atoms with Gasteiger partial charge in [0.25, 0.3) is 0 Å². The van der Waals surface area contributed by atoms with Gasteiger partial charge in [0.15, 0.2) is 4.90 Å². The van der Waals surface area contributed by atoms with Gasteiger partial charge in [-0.25, -0.2) is 0 Å². The topological polar surface area (TPSA) is 57.2 Å². The molecular formula is C21H24N2O2S. The van der Waals surface area contributed by atoms with Gasteiger partial charge in [-0.05, 0) is 85.7 Å². The third-order valence-corrected chi connectivity index (χ3v) is 7.26. The lowest BCUT2D eigenvalue weighted by atomic mass is 9.54. The van der Waals surface area contributed by atoms with E-state index in [4.69, 9.17) is 4.74 Å². The summed E-state index contributed by atoms with van der Waals surface area (Å²) in [6, 6.07) is 10.0. The number of pyridine rings is 1. The monoisotopic (exact) mass is 368 g/mol. The summed E-state index contributed by atoms with van der Waals surface area (Å²) in [7, 11) is 0. The van der Waals surface area contributed by atoms with Crippen LogP contribution in [0.4, 0.5) is 0 Å². The number of hydrogen-bond acceptors (Lipinski definition) is 4. The molecule has 0 radical (unpaired) electrons. The fourth-order valence-electron chi connectivity index (χ4n) is 5.13. The van der Waals surface area contributed by atoms with Gasteiger partial charge in [-0.1, -0.05) is 0 Å². The fraction of sp³-hybridized carbons (Fsp3) is 0.476. The normalized spacial score (nSPS) is 23.3. The third-order valence-electron chi connectivity index (χ3n) is 6.33. The highest BCUT2D eigenvalue weighted by molar-refractivity contribution is 7.90. The van der Waals surface area contributed by atoms with E-state index in [9.17, 15) is 4.55 Å². The van der Waals surface area contributed by atoms with Crippen LogP contribution >= 0.6 is 0 Å². The average Bonchev–Trinajstić information content (AvgIpc) is 3.00. The summed E-state index contributed by atoms with van der Waals surface area (Å²) in [5.41, 5.74) is 3.83. The summed E-state index contributed by atoms with van der Waals surface area (Å²) in [6.45, 7) is 2.29. The van der Waals surface area contributed by atoms with E-state index in [1.807, 2.05) is 30.5 Å². The largest absolute Gasteiger partial charge is 0.612 e. The van der Waals surface area contributed by atoms with Crippen LogP contribution in [-0.2, 0) is 17.6 Å². The molecule has 1 saturated carbocycles. The molecule has 0 amide bonds. The zero-order valence-electron chi connectivity index (χ0n) is 15.1. The van der Waals surface area contributed by atoms with E-state index in [0.717, 1.165) is 41.4 Å². The Morgan fingerprint density at radius 3 is 2.58 bits per heavy atom. The van der Waals surface area contributed by atoms with Crippen molar-refractivity contribution in [3.63, 3.8) is 0 Å². The van der Waals surface area contributed by atoms with E-state index in [1.165, 1.54) is 31.2 Å². The number of nitrogens with zero attached hydrogens (tertiary/aromatic N) is 1. The summed E-state index contributed by atoms with van der Waals surface area (Å²) in [5, 5.41) is 3.47. The zero-order valence-corrected chi connectivity index (χ0v) is 15.9. The van der Waals surface area contributed by atoms with Crippen LogP contribution in [0.25, 0.3) is 11.3 Å². The minimum absolute atomic E-state index is 0.0168. The number of benzene rings is 1. The zero-order chi connectivity index (χ0) is 17.8. The molecule has 1 aromatic heterocycles. The Morgan fingerprint density at radius 1 is 1.15 bits per heavy atom. The van der Waals surface area contributed by atoms with Crippen molar-refractivity contribution in [2.45, 2.75) is 42.6 Å². The van der Waals surface area contributed by atoms with Crippen molar-refractivity contribution in [2.24, 2.45) is 5.41 Å². The number of nitrogens with one attached hydrogen (secondary N) is 1. The van der Waals surface area contributed by atoms with Crippen LogP contribution in [0.2, 0.25) is 0 Å². The number of fused-ring (bicyclic) bond motifs is 1. The summed E-state index contributed by atoms with van der Waals surface area (Å²) in [4.78, 5) is 5.46. The molecule has 0 bridgehead atoms. The molecule has 2 aliphatic heterocycles. The molecule has 2 spiro atoms. The second-order valence-electron chi connectivity index (χ2n) is 8.22.